The minimum Gasteiger partial charge on any atom is -0.467 e. The number of nitrogens with one attached hydrogen (secondary N) is 1. The zero-order valence-electron chi connectivity index (χ0n) is 15.8. The van der Waals surface area contributed by atoms with E-state index in [1.165, 1.54) is 17.9 Å². The Kier molecular flexibility index (Phi) is 6.43. The molecule has 1 N–H and O–H groups in total. The van der Waals surface area contributed by atoms with E-state index in [9.17, 15) is 4.79 Å². The Morgan fingerprint density at radius 2 is 2.38 bits per heavy atom. The van der Waals surface area contributed by atoms with Crippen LogP contribution in [0.3, 0.4) is 0 Å². The first kappa shape index (κ1) is 19.0. The van der Waals surface area contributed by atoms with Crippen LogP contribution in [0.2, 0.25) is 0 Å². The standard InChI is InChI=1S/C19H28N4O2S/c1-22(13-15-6-4-10-25-15)19(24)18-16-12-14(20-9-5-11-26-3)7-8-17(16)23(2)21-18/h4,6,10,14,20H,5,7-9,11-13H2,1-3H3. The van der Waals surface area contributed by atoms with Gasteiger partial charge in [0.1, 0.15) is 5.76 Å². The molecule has 1 unspecified atom stereocenters. The highest BCUT2D eigenvalue weighted by Crippen LogP contribution is 2.25. The van der Waals surface area contributed by atoms with Gasteiger partial charge in [0, 0.05) is 31.4 Å². The number of fused-ring (bicyclic) bond motifs is 1. The number of thioether (sulfide) groups is 1. The number of nitrogens with zero attached hydrogens (tertiary/aromatic N) is 3. The smallest absolute Gasteiger partial charge is 0.274 e. The zero-order chi connectivity index (χ0) is 18.5. The predicted molar refractivity (Wildman–Crippen MR) is 105 cm³/mol. The third kappa shape index (κ3) is 4.32. The number of rotatable bonds is 8. The fraction of sp³-hybridized carbons (Fsp3) is 0.579. The normalized spacial score (nSPS) is 16.5. The van der Waals surface area contributed by atoms with Crippen LogP contribution in [0.15, 0.2) is 22.8 Å². The first-order valence-corrected chi connectivity index (χ1v) is 10.5. The maximum Gasteiger partial charge on any atom is 0.274 e. The van der Waals surface area contributed by atoms with Gasteiger partial charge in [-0.25, -0.2) is 0 Å². The minimum atomic E-state index is -0.0405. The molecule has 0 bridgehead atoms. The number of amides is 1. The highest BCUT2D eigenvalue weighted by atomic mass is 32.2. The highest BCUT2D eigenvalue weighted by molar-refractivity contribution is 7.98. The summed E-state index contributed by atoms with van der Waals surface area (Å²) in [7, 11) is 3.74. The number of aryl methyl sites for hydroxylation is 1. The number of carbonyl (C=O) groups excluding carboxylic acids is 1. The van der Waals surface area contributed by atoms with Crippen molar-refractivity contribution in [1.29, 1.82) is 0 Å². The molecule has 2 heterocycles. The van der Waals surface area contributed by atoms with Crippen molar-refractivity contribution in [2.75, 3.05) is 25.6 Å². The van der Waals surface area contributed by atoms with Crippen molar-refractivity contribution in [2.45, 2.75) is 38.3 Å². The third-order valence-electron chi connectivity index (χ3n) is 4.94. The van der Waals surface area contributed by atoms with Crippen molar-refractivity contribution in [1.82, 2.24) is 20.0 Å². The van der Waals surface area contributed by atoms with E-state index in [2.05, 4.69) is 16.7 Å². The lowest BCUT2D eigenvalue weighted by molar-refractivity contribution is 0.0767. The highest BCUT2D eigenvalue weighted by Gasteiger charge is 2.29. The number of carbonyl (C=O) groups is 1. The molecule has 0 saturated carbocycles. The molecule has 0 aliphatic heterocycles. The Morgan fingerprint density at radius 1 is 1.54 bits per heavy atom. The van der Waals surface area contributed by atoms with Crippen LogP contribution in [0.25, 0.3) is 0 Å². The first-order valence-electron chi connectivity index (χ1n) is 9.15. The lowest BCUT2D eigenvalue weighted by Crippen LogP contribution is -2.36. The Hall–Kier alpha value is -1.73. The van der Waals surface area contributed by atoms with E-state index in [0.29, 0.717) is 18.3 Å². The number of hydrogen-bond acceptors (Lipinski definition) is 5. The maximum absolute atomic E-state index is 12.9. The Morgan fingerprint density at radius 3 is 3.12 bits per heavy atom. The van der Waals surface area contributed by atoms with Crippen LogP contribution in [0, 0.1) is 0 Å². The Balaban J connectivity index is 1.68. The van der Waals surface area contributed by atoms with Gasteiger partial charge >= 0.3 is 0 Å². The molecule has 142 valence electrons. The van der Waals surface area contributed by atoms with Crippen molar-refractivity contribution in [3.05, 3.63) is 41.1 Å². The molecule has 2 aromatic rings. The van der Waals surface area contributed by atoms with Crippen molar-refractivity contribution in [3.8, 4) is 0 Å². The molecule has 0 radical (unpaired) electrons. The van der Waals surface area contributed by atoms with Gasteiger partial charge in [-0.15, -0.1) is 0 Å². The van der Waals surface area contributed by atoms with E-state index in [0.717, 1.165) is 37.1 Å². The molecule has 1 amide bonds. The molecule has 7 heteroatoms. The molecule has 0 saturated heterocycles. The Labute approximate surface area is 159 Å². The van der Waals surface area contributed by atoms with Gasteiger partial charge in [0.25, 0.3) is 5.91 Å². The van der Waals surface area contributed by atoms with Gasteiger partial charge in [-0.05, 0) is 56.4 Å². The molecule has 6 nitrogen and oxygen atoms in total. The summed E-state index contributed by atoms with van der Waals surface area (Å²) in [5.41, 5.74) is 2.89. The molecule has 1 atom stereocenters. The molecule has 26 heavy (non-hydrogen) atoms. The summed E-state index contributed by atoms with van der Waals surface area (Å²) >= 11 is 1.88. The van der Waals surface area contributed by atoms with Crippen LogP contribution in [-0.2, 0) is 26.4 Å². The number of furan rings is 1. The van der Waals surface area contributed by atoms with E-state index in [1.807, 2.05) is 35.6 Å². The summed E-state index contributed by atoms with van der Waals surface area (Å²) < 4.78 is 7.24. The van der Waals surface area contributed by atoms with E-state index in [4.69, 9.17) is 4.42 Å². The van der Waals surface area contributed by atoms with Crippen LogP contribution in [-0.4, -0.2) is 52.2 Å². The fourth-order valence-electron chi connectivity index (χ4n) is 3.55. The molecule has 3 rings (SSSR count). The van der Waals surface area contributed by atoms with Gasteiger partial charge in [0.05, 0.1) is 12.8 Å². The predicted octanol–water partition coefficient (Wildman–Crippen LogP) is 2.49. The monoisotopic (exact) mass is 376 g/mol. The molecular formula is C19H28N4O2S. The van der Waals surface area contributed by atoms with Crippen LogP contribution in [0.5, 0.6) is 0 Å². The SMILES string of the molecule is CSCCCNC1CCc2c(c(C(=O)N(C)Cc3ccco3)nn2C)C1. The van der Waals surface area contributed by atoms with E-state index in [-0.39, 0.29) is 5.91 Å². The Bertz CT molecular complexity index is 726. The first-order chi connectivity index (χ1) is 12.6. The quantitative estimate of drug-likeness (QED) is 0.717. The van der Waals surface area contributed by atoms with Crippen molar-refractivity contribution < 1.29 is 9.21 Å². The second-order valence-corrected chi connectivity index (χ2v) is 7.86. The van der Waals surface area contributed by atoms with Gasteiger partial charge < -0.3 is 14.6 Å². The average Bonchev–Trinajstić information content (AvgIpc) is 3.26. The average molecular weight is 377 g/mol. The van der Waals surface area contributed by atoms with E-state index >= 15 is 0 Å². The van der Waals surface area contributed by atoms with Crippen LogP contribution in [0.4, 0.5) is 0 Å². The molecule has 2 aromatic heterocycles. The second kappa shape index (κ2) is 8.77. The topological polar surface area (TPSA) is 63.3 Å². The molecule has 1 aliphatic rings. The van der Waals surface area contributed by atoms with Crippen molar-refractivity contribution >= 4 is 17.7 Å². The van der Waals surface area contributed by atoms with Crippen LogP contribution in [0.1, 0.15) is 40.3 Å². The van der Waals surface area contributed by atoms with Crippen LogP contribution < -0.4 is 5.32 Å². The summed E-state index contributed by atoms with van der Waals surface area (Å²) in [6.45, 7) is 1.48. The molecule has 0 spiro atoms. The summed E-state index contributed by atoms with van der Waals surface area (Å²) in [5, 5.41) is 8.20. The fourth-order valence-corrected chi connectivity index (χ4v) is 3.98. The number of hydrogen-bond donors (Lipinski definition) is 1. The third-order valence-corrected chi connectivity index (χ3v) is 5.63. The largest absolute Gasteiger partial charge is 0.467 e. The lowest BCUT2D eigenvalue weighted by Gasteiger charge is -2.24. The van der Waals surface area contributed by atoms with Crippen LogP contribution >= 0.6 is 11.8 Å². The molecular weight excluding hydrogens is 348 g/mol. The van der Waals surface area contributed by atoms with Gasteiger partial charge in [-0.3, -0.25) is 9.48 Å². The van der Waals surface area contributed by atoms with Gasteiger partial charge in [-0.1, -0.05) is 0 Å². The molecule has 1 aliphatic carbocycles. The van der Waals surface area contributed by atoms with Crippen molar-refractivity contribution in [2.24, 2.45) is 7.05 Å². The van der Waals surface area contributed by atoms with Gasteiger partial charge in [0.2, 0.25) is 0 Å². The van der Waals surface area contributed by atoms with E-state index in [1.54, 1.807) is 18.2 Å². The van der Waals surface area contributed by atoms with Gasteiger partial charge in [0.15, 0.2) is 5.69 Å². The zero-order valence-corrected chi connectivity index (χ0v) is 16.6. The minimum absolute atomic E-state index is 0.0405. The molecule has 0 aromatic carbocycles. The van der Waals surface area contributed by atoms with Gasteiger partial charge in [-0.2, -0.15) is 16.9 Å². The summed E-state index contributed by atoms with van der Waals surface area (Å²) in [4.78, 5) is 14.6. The number of aromatic nitrogens is 2. The van der Waals surface area contributed by atoms with E-state index < -0.39 is 0 Å². The molecule has 0 fully saturated rings. The summed E-state index contributed by atoms with van der Waals surface area (Å²) in [5.74, 6) is 1.92. The second-order valence-electron chi connectivity index (χ2n) is 6.88. The maximum atomic E-state index is 12.9. The summed E-state index contributed by atoms with van der Waals surface area (Å²) in [6.07, 6.45) is 7.88. The summed E-state index contributed by atoms with van der Waals surface area (Å²) in [6, 6.07) is 4.14. The van der Waals surface area contributed by atoms with Crippen molar-refractivity contribution in [3.63, 3.8) is 0 Å². The lowest BCUT2D eigenvalue weighted by atomic mass is 9.91.